The Morgan fingerprint density at radius 3 is 2.61 bits per heavy atom. The van der Waals surface area contributed by atoms with Crippen LogP contribution >= 0.6 is 11.6 Å². The molecule has 3 aromatic rings. The second-order valence-corrected chi connectivity index (χ2v) is 9.09. The molecule has 0 unspecified atom stereocenters. The molecule has 0 saturated heterocycles. The highest BCUT2D eigenvalue weighted by Gasteiger charge is 2.29. The van der Waals surface area contributed by atoms with Gasteiger partial charge in [0.25, 0.3) is 5.56 Å². The molecule has 8 heteroatoms. The van der Waals surface area contributed by atoms with Crippen LogP contribution < -0.4 is 10.9 Å². The maximum absolute atomic E-state index is 13.6. The summed E-state index contributed by atoms with van der Waals surface area (Å²) in [4.78, 5) is 30.2. The number of benzene rings is 2. The van der Waals surface area contributed by atoms with Crippen molar-refractivity contribution < 1.29 is 14.3 Å². The number of aliphatic hydroxyl groups excluding tert-OH is 1. The van der Waals surface area contributed by atoms with Gasteiger partial charge in [0, 0.05) is 23.8 Å². The predicted octanol–water partition coefficient (Wildman–Crippen LogP) is 5.47. The monoisotopic (exact) mass is 471 g/mol. The van der Waals surface area contributed by atoms with Gasteiger partial charge >= 0.3 is 6.03 Å². The lowest BCUT2D eigenvalue weighted by atomic mass is 9.86. The fraction of sp³-hybridized carbons (Fsp3) is 0.360. The molecule has 1 atom stereocenters. The molecule has 1 saturated carbocycles. The molecule has 0 radical (unpaired) electrons. The van der Waals surface area contributed by atoms with Gasteiger partial charge in [-0.05, 0) is 73.7 Å². The van der Waals surface area contributed by atoms with Crippen molar-refractivity contribution in [1.29, 1.82) is 0 Å². The van der Waals surface area contributed by atoms with E-state index in [1.807, 2.05) is 25.1 Å². The lowest BCUT2D eigenvalue weighted by molar-refractivity contribution is 0.0939. The number of nitrogens with one attached hydrogen (secondary N) is 2. The zero-order chi connectivity index (χ0) is 23.5. The second-order valence-electron chi connectivity index (χ2n) is 8.68. The standard InChI is InChI=1S/C25H27ClFN3O3/c1-15(21-13-28-24(32)20-5-3-2-4-19(20)21)30(14-16-6-9-18(31)10-7-16)25(33)29-17-8-11-23(27)22(26)12-17/h2-5,8,11-13,15-16,18,31H,6-7,9-10,14H2,1H3,(H,28,32)(H,29,33)/t15-,16?,18?/m1/s1. The number of pyridine rings is 1. The number of hydrogen-bond donors (Lipinski definition) is 3. The van der Waals surface area contributed by atoms with Gasteiger partial charge in [-0.3, -0.25) is 4.79 Å². The number of H-pyrrole nitrogens is 1. The number of carbonyl (C=O) groups is 1. The van der Waals surface area contributed by atoms with Crippen LogP contribution in [0, 0.1) is 11.7 Å². The molecule has 33 heavy (non-hydrogen) atoms. The number of carbonyl (C=O) groups excluding carboxylic acids is 1. The minimum atomic E-state index is -0.555. The maximum Gasteiger partial charge on any atom is 0.322 e. The first-order valence-electron chi connectivity index (χ1n) is 11.1. The summed E-state index contributed by atoms with van der Waals surface area (Å²) in [6, 6.07) is 10.7. The molecule has 1 fully saturated rings. The zero-order valence-electron chi connectivity index (χ0n) is 18.4. The zero-order valence-corrected chi connectivity index (χ0v) is 19.1. The van der Waals surface area contributed by atoms with Crippen molar-refractivity contribution in [2.45, 2.75) is 44.8 Å². The summed E-state index contributed by atoms with van der Waals surface area (Å²) >= 11 is 5.89. The second kappa shape index (κ2) is 9.93. The van der Waals surface area contributed by atoms with Crippen molar-refractivity contribution in [2.75, 3.05) is 11.9 Å². The SMILES string of the molecule is C[C@H](c1c[nH]c(=O)c2ccccc12)N(CC1CCC(O)CC1)C(=O)Nc1ccc(F)c(Cl)c1. The van der Waals surface area contributed by atoms with Gasteiger partial charge in [-0.15, -0.1) is 0 Å². The normalized spacial score (nSPS) is 19.3. The van der Waals surface area contributed by atoms with Crippen molar-refractivity contribution >= 4 is 34.1 Å². The topological polar surface area (TPSA) is 85.4 Å². The molecule has 1 aliphatic carbocycles. The Bertz CT molecular complexity index is 1210. The van der Waals surface area contributed by atoms with Gasteiger partial charge < -0.3 is 20.3 Å². The Hall–Kier alpha value is -2.90. The van der Waals surface area contributed by atoms with Gasteiger partial charge in [0.05, 0.1) is 17.2 Å². The number of amides is 2. The van der Waals surface area contributed by atoms with Crippen molar-refractivity contribution in [1.82, 2.24) is 9.88 Å². The van der Waals surface area contributed by atoms with Crippen LogP contribution in [0.25, 0.3) is 10.8 Å². The Morgan fingerprint density at radius 1 is 1.21 bits per heavy atom. The van der Waals surface area contributed by atoms with E-state index in [-0.39, 0.29) is 34.7 Å². The number of nitrogens with zero attached hydrogens (tertiary/aromatic N) is 1. The van der Waals surface area contributed by atoms with E-state index in [2.05, 4.69) is 10.3 Å². The number of halogens is 2. The summed E-state index contributed by atoms with van der Waals surface area (Å²) in [6.07, 6.45) is 4.45. The van der Waals surface area contributed by atoms with Crippen molar-refractivity contribution in [3.05, 3.63) is 75.4 Å². The Labute approximate surface area is 196 Å². The number of aromatic nitrogens is 1. The van der Waals surface area contributed by atoms with E-state index >= 15 is 0 Å². The molecule has 0 aliphatic heterocycles. The largest absolute Gasteiger partial charge is 0.393 e. The van der Waals surface area contributed by atoms with Gasteiger partial charge in [-0.25, -0.2) is 9.18 Å². The van der Waals surface area contributed by atoms with Crippen LogP contribution in [0.5, 0.6) is 0 Å². The highest BCUT2D eigenvalue weighted by molar-refractivity contribution is 6.31. The number of fused-ring (bicyclic) bond motifs is 1. The average Bonchev–Trinajstić information content (AvgIpc) is 2.81. The van der Waals surface area contributed by atoms with Crippen LogP contribution in [0.4, 0.5) is 14.9 Å². The van der Waals surface area contributed by atoms with Crippen LogP contribution in [0.2, 0.25) is 5.02 Å². The minimum absolute atomic E-state index is 0.0692. The first-order valence-corrected chi connectivity index (χ1v) is 11.5. The molecule has 0 bridgehead atoms. The van der Waals surface area contributed by atoms with Crippen LogP contribution in [0.1, 0.15) is 44.2 Å². The van der Waals surface area contributed by atoms with E-state index in [1.165, 1.54) is 18.2 Å². The summed E-state index contributed by atoms with van der Waals surface area (Å²) in [6.45, 7) is 2.41. The molecule has 2 aromatic carbocycles. The Morgan fingerprint density at radius 2 is 1.91 bits per heavy atom. The molecular weight excluding hydrogens is 445 g/mol. The summed E-state index contributed by atoms with van der Waals surface area (Å²) in [5.41, 5.74) is 1.04. The molecule has 1 heterocycles. The van der Waals surface area contributed by atoms with Gasteiger partial charge in [0.1, 0.15) is 5.82 Å². The van der Waals surface area contributed by atoms with Gasteiger partial charge in [-0.1, -0.05) is 29.8 Å². The molecule has 6 nitrogen and oxygen atoms in total. The Kier molecular flexibility index (Phi) is 7.00. The summed E-state index contributed by atoms with van der Waals surface area (Å²) in [5.74, 6) is -0.312. The highest BCUT2D eigenvalue weighted by Crippen LogP contribution is 2.31. The van der Waals surface area contributed by atoms with Gasteiger partial charge in [-0.2, -0.15) is 0 Å². The number of aliphatic hydroxyl groups is 1. The van der Waals surface area contributed by atoms with E-state index in [0.717, 1.165) is 23.8 Å². The predicted molar refractivity (Wildman–Crippen MR) is 128 cm³/mol. The summed E-state index contributed by atoms with van der Waals surface area (Å²) in [5, 5.41) is 14.0. The molecule has 4 rings (SSSR count). The summed E-state index contributed by atoms with van der Waals surface area (Å²) in [7, 11) is 0. The minimum Gasteiger partial charge on any atom is -0.393 e. The number of aromatic amines is 1. The van der Waals surface area contributed by atoms with E-state index in [1.54, 1.807) is 17.2 Å². The molecular formula is C25H27ClFN3O3. The number of rotatable bonds is 5. The highest BCUT2D eigenvalue weighted by atomic mass is 35.5. The fourth-order valence-corrected chi connectivity index (χ4v) is 4.72. The van der Waals surface area contributed by atoms with Crippen molar-refractivity contribution in [3.8, 4) is 0 Å². The maximum atomic E-state index is 13.6. The third-order valence-corrected chi connectivity index (χ3v) is 6.75. The smallest absolute Gasteiger partial charge is 0.322 e. The van der Waals surface area contributed by atoms with Gasteiger partial charge in [0.2, 0.25) is 0 Å². The number of anilines is 1. The number of urea groups is 1. The summed E-state index contributed by atoms with van der Waals surface area (Å²) < 4.78 is 13.6. The van der Waals surface area contributed by atoms with Crippen LogP contribution in [0.15, 0.2) is 53.5 Å². The molecule has 0 spiro atoms. The van der Waals surface area contributed by atoms with Crippen LogP contribution in [0.3, 0.4) is 0 Å². The first kappa shape index (κ1) is 23.3. The third kappa shape index (κ3) is 5.20. The van der Waals surface area contributed by atoms with E-state index in [9.17, 15) is 19.1 Å². The number of hydrogen-bond acceptors (Lipinski definition) is 3. The third-order valence-electron chi connectivity index (χ3n) is 6.46. The van der Waals surface area contributed by atoms with E-state index < -0.39 is 5.82 Å². The quantitative estimate of drug-likeness (QED) is 0.461. The first-order chi connectivity index (χ1) is 15.8. The molecule has 174 valence electrons. The lowest BCUT2D eigenvalue weighted by Crippen LogP contribution is -2.41. The fourth-order valence-electron chi connectivity index (χ4n) is 4.54. The molecule has 1 aromatic heterocycles. The van der Waals surface area contributed by atoms with Crippen LogP contribution in [-0.2, 0) is 0 Å². The lowest BCUT2D eigenvalue weighted by Gasteiger charge is -2.35. The van der Waals surface area contributed by atoms with Crippen LogP contribution in [-0.4, -0.2) is 33.7 Å². The molecule has 1 aliphatic rings. The van der Waals surface area contributed by atoms with E-state index in [4.69, 9.17) is 11.6 Å². The van der Waals surface area contributed by atoms with Crippen molar-refractivity contribution in [2.24, 2.45) is 5.92 Å². The van der Waals surface area contributed by atoms with Crippen molar-refractivity contribution in [3.63, 3.8) is 0 Å². The van der Waals surface area contributed by atoms with Gasteiger partial charge in [0.15, 0.2) is 0 Å². The Balaban J connectivity index is 1.66. The molecule has 3 N–H and O–H groups in total. The molecule has 2 amide bonds. The average molecular weight is 472 g/mol. The van der Waals surface area contributed by atoms with E-state index in [0.29, 0.717) is 30.5 Å².